The van der Waals surface area contributed by atoms with E-state index in [1.54, 1.807) is 0 Å². The van der Waals surface area contributed by atoms with Crippen molar-refractivity contribution in [2.24, 2.45) is 0 Å². The average molecular weight is 277 g/mol. The zero-order chi connectivity index (χ0) is 13.8. The molecule has 0 saturated heterocycles. The zero-order valence-corrected chi connectivity index (χ0v) is 11.3. The van der Waals surface area contributed by atoms with Crippen molar-refractivity contribution in [1.29, 1.82) is 0 Å². The van der Waals surface area contributed by atoms with E-state index in [1.807, 2.05) is 37.3 Å². The molecule has 0 aliphatic rings. The number of rotatable bonds is 4. The monoisotopic (exact) mass is 276 g/mol. The van der Waals surface area contributed by atoms with E-state index < -0.39 is 5.82 Å². The molecule has 1 atom stereocenters. The molecule has 0 spiro atoms. The fourth-order valence-electron chi connectivity index (χ4n) is 2.13. The van der Waals surface area contributed by atoms with E-state index in [2.05, 4.69) is 0 Å². The summed E-state index contributed by atoms with van der Waals surface area (Å²) in [4.78, 5) is 12.4. The van der Waals surface area contributed by atoms with Crippen LogP contribution >= 0.6 is 11.6 Å². The molecule has 0 aliphatic carbocycles. The fourth-order valence-corrected chi connectivity index (χ4v) is 2.29. The van der Waals surface area contributed by atoms with Gasteiger partial charge in [-0.2, -0.15) is 0 Å². The second-order valence-corrected chi connectivity index (χ2v) is 4.80. The van der Waals surface area contributed by atoms with E-state index in [-0.39, 0.29) is 17.3 Å². The second-order valence-electron chi connectivity index (χ2n) is 4.36. The molecule has 1 unspecified atom stereocenters. The van der Waals surface area contributed by atoms with Crippen molar-refractivity contribution < 1.29 is 9.18 Å². The second kappa shape index (κ2) is 5.98. The van der Waals surface area contributed by atoms with Crippen LogP contribution < -0.4 is 0 Å². The largest absolute Gasteiger partial charge is 0.293 e. The van der Waals surface area contributed by atoms with E-state index >= 15 is 0 Å². The molecule has 19 heavy (non-hydrogen) atoms. The minimum Gasteiger partial charge on any atom is -0.293 e. The highest BCUT2D eigenvalue weighted by molar-refractivity contribution is 6.30. The maximum Gasteiger partial charge on any atom is 0.173 e. The molecule has 98 valence electrons. The van der Waals surface area contributed by atoms with Gasteiger partial charge in [0.2, 0.25) is 0 Å². The SMILES string of the molecule is CCC(C(=O)c1ccc(Cl)cc1F)c1ccccc1. The third kappa shape index (κ3) is 3.02. The molecule has 0 amide bonds. The molecule has 2 rings (SSSR count). The molecule has 0 aliphatic heterocycles. The van der Waals surface area contributed by atoms with Crippen LogP contribution in [0.4, 0.5) is 4.39 Å². The maximum absolute atomic E-state index is 13.8. The lowest BCUT2D eigenvalue weighted by atomic mass is 9.88. The van der Waals surface area contributed by atoms with Crippen molar-refractivity contribution in [2.45, 2.75) is 19.3 Å². The van der Waals surface area contributed by atoms with E-state index in [4.69, 9.17) is 11.6 Å². The Hall–Kier alpha value is -1.67. The van der Waals surface area contributed by atoms with Crippen LogP contribution in [0.3, 0.4) is 0 Å². The van der Waals surface area contributed by atoms with Crippen molar-refractivity contribution in [3.05, 3.63) is 70.5 Å². The number of benzene rings is 2. The van der Waals surface area contributed by atoms with Crippen molar-refractivity contribution in [3.8, 4) is 0 Å². The lowest BCUT2D eigenvalue weighted by Gasteiger charge is -2.14. The number of carbonyl (C=O) groups is 1. The fraction of sp³-hybridized carbons (Fsp3) is 0.188. The molecule has 3 heteroatoms. The van der Waals surface area contributed by atoms with Crippen molar-refractivity contribution in [1.82, 2.24) is 0 Å². The van der Waals surface area contributed by atoms with Gasteiger partial charge in [-0.05, 0) is 30.2 Å². The quantitative estimate of drug-likeness (QED) is 0.729. The highest BCUT2D eigenvalue weighted by atomic mass is 35.5. The number of ketones is 1. The Labute approximate surface area is 117 Å². The zero-order valence-electron chi connectivity index (χ0n) is 10.6. The molecular formula is C16H14ClFO. The van der Waals surface area contributed by atoms with Gasteiger partial charge in [-0.15, -0.1) is 0 Å². The van der Waals surface area contributed by atoms with Gasteiger partial charge < -0.3 is 0 Å². The summed E-state index contributed by atoms with van der Waals surface area (Å²) in [6, 6.07) is 13.6. The van der Waals surface area contributed by atoms with Crippen LogP contribution in [0.2, 0.25) is 5.02 Å². The van der Waals surface area contributed by atoms with Crippen LogP contribution in [0, 0.1) is 5.82 Å². The molecule has 1 nitrogen and oxygen atoms in total. The Morgan fingerprint density at radius 1 is 1.21 bits per heavy atom. The first-order valence-corrected chi connectivity index (χ1v) is 6.55. The first-order valence-electron chi connectivity index (χ1n) is 6.17. The molecular weight excluding hydrogens is 263 g/mol. The summed E-state index contributed by atoms with van der Waals surface area (Å²) >= 11 is 5.70. The summed E-state index contributed by atoms with van der Waals surface area (Å²) in [5, 5.41) is 0.293. The van der Waals surface area contributed by atoms with E-state index in [1.165, 1.54) is 18.2 Å². The first-order chi connectivity index (χ1) is 9.13. The Morgan fingerprint density at radius 2 is 1.89 bits per heavy atom. The lowest BCUT2D eigenvalue weighted by molar-refractivity contribution is 0.0953. The summed E-state index contributed by atoms with van der Waals surface area (Å²) in [7, 11) is 0. The number of carbonyl (C=O) groups excluding carboxylic acids is 1. The van der Waals surface area contributed by atoms with E-state index in [9.17, 15) is 9.18 Å². The van der Waals surface area contributed by atoms with Crippen molar-refractivity contribution >= 4 is 17.4 Å². The van der Waals surface area contributed by atoms with Crippen molar-refractivity contribution in [3.63, 3.8) is 0 Å². The van der Waals surface area contributed by atoms with Crippen LogP contribution in [-0.4, -0.2) is 5.78 Å². The average Bonchev–Trinajstić information content (AvgIpc) is 2.40. The summed E-state index contributed by atoms with van der Waals surface area (Å²) in [5.41, 5.74) is 1.00. The van der Waals surface area contributed by atoms with Crippen LogP contribution in [-0.2, 0) is 0 Å². The number of halogens is 2. The van der Waals surface area contributed by atoms with Gasteiger partial charge in [-0.25, -0.2) is 4.39 Å². The van der Waals surface area contributed by atoms with Gasteiger partial charge in [0.1, 0.15) is 5.82 Å². The molecule has 0 bridgehead atoms. The third-order valence-corrected chi connectivity index (χ3v) is 3.36. The predicted octanol–water partition coefficient (Wildman–Crippen LogP) is 4.86. The molecule has 0 fully saturated rings. The van der Waals surface area contributed by atoms with E-state index in [0.29, 0.717) is 11.4 Å². The first kappa shape index (κ1) is 13.8. The van der Waals surface area contributed by atoms with Gasteiger partial charge in [0.15, 0.2) is 5.78 Å². The van der Waals surface area contributed by atoms with Gasteiger partial charge >= 0.3 is 0 Å². The molecule has 2 aromatic rings. The number of Topliss-reactive ketones (excluding diaryl/α,β-unsaturated/α-hetero) is 1. The lowest BCUT2D eigenvalue weighted by Crippen LogP contribution is -2.13. The number of hydrogen-bond acceptors (Lipinski definition) is 1. The molecule has 0 radical (unpaired) electrons. The highest BCUT2D eigenvalue weighted by Gasteiger charge is 2.22. The van der Waals surface area contributed by atoms with Crippen LogP contribution in [0.25, 0.3) is 0 Å². The summed E-state index contributed by atoms with van der Waals surface area (Å²) in [5.74, 6) is -1.09. The maximum atomic E-state index is 13.8. The Bertz CT molecular complexity index is 581. The van der Waals surface area contributed by atoms with Crippen LogP contribution in [0.15, 0.2) is 48.5 Å². The van der Waals surface area contributed by atoms with Gasteiger partial charge in [0.25, 0.3) is 0 Å². The Balaban J connectivity index is 2.36. The van der Waals surface area contributed by atoms with Gasteiger partial charge in [0, 0.05) is 10.9 Å². The molecule has 2 aromatic carbocycles. The molecule has 0 saturated carbocycles. The van der Waals surface area contributed by atoms with Crippen LogP contribution in [0.5, 0.6) is 0 Å². The molecule has 0 N–H and O–H groups in total. The highest BCUT2D eigenvalue weighted by Crippen LogP contribution is 2.26. The summed E-state index contributed by atoms with van der Waals surface area (Å²) in [6.45, 7) is 1.92. The Kier molecular flexibility index (Phi) is 4.33. The van der Waals surface area contributed by atoms with Crippen molar-refractivity contribution in [2.75, 3.05) is 0 Å². The summed E-state index contributed by atoms with van der Waals surface area (Å²) in [6.07, 6.45) is 0.630. The van der Waals surface area contributed by atoms with Gasteiger partial charge in [-0.1, -0.05) is 48.9 Å². The molecule has 0 heterocycles. The minimum atomic E-state index is -0.563. The smallest absolute Gasteiger partial charge is 0.173 e. The third-order valence-electron chi connectivity index (χ3n) is 3.12. The normalized spacial score (nSPS) is 12.2. The summed E-state index contributed by atoms with van der Waals surface area (Å²) < 4.78 is 13.8. The Morgan fingerprint density at radius 3 is 2.47 bits per heavy atom. The standard InChI is InChI=1S/C16H14ClFO/c1-2-13(11-6-4-3-5-7-11)16(19)14-9-8-12(17)10-15(14)18/h3-10,13H,2H2,1H3. The predicted molar refractivity (Wildman–Crippen MR) is 75.2 cm³/mol. The number of hydrogen-bond donors (Lipinski definition) is 0. The van der Waals surface area contributed by atoms with Gasteiger partial charge in [-0.3, -0.25) is 4.79 Å². The van der Waals surface area contributed by atoms with Gasteiger partial charge in [0.05, 0.1) is 5.56 Å². The minimum absolute atomic E-state index is 0.0973. The topological polar surface area (TPSA) is 17.1 Å². The molecule has 0 aromatic heterocycles. The van der Waals surface area contributed by atoms with E-state index in [0.717, 1.165) is 5.56 Å². The van der Waals surface area contributed by atoms with Crippen LogP contribution in [0.1, 0.15) is 35.2 Å².